The maximum Gasteiger partial charge on any atom is 0.236 e. The lowest BCUT2D eigenvalue weighted by molar-refractivity contribution is -0.144. The normalized spacial score (nSPS) is 26.5. The monoisotopic (exact) mass is 235 g/mol. The van der Waals surface area contributed by atoms with Crippen molar-refractivity contribution in [3.05, 3.63) is 0 Å². The van der Waals surface area contributed by atoms with Crippen LogP contribution in [0.3, 0.4) is 0 Å². The molecule has 1 aliphatic rings. The van der Waals surface area contributed by atoms with Gasteiger partial charge in [-0.05, 0) is 19.3 Å². The molecule has 0 bridgehead atoms. The second kappa shape index (κ2) is 4.91. The van der Waals surface area contributed by atoms with Crippen molar-refractivity contribution in [2.24, 2.45) is 11.3 Å². The Labute approximate surface area is 104 Å². The summed E-state index contributed by atoms with van der Waals surface area (Å²) in [4.78, 5) is 25.8. The van der Waals surface area contributed by atoms with Crippen LogP contribution in [0.25, 0.3) is 0 Å². The lowest BCUT2D eigenvalue weighted by atomic mass is 9.78. The molecule has 1 saturated heterocycles. The fourth-order valence-electron chi connectivity index (χ4n) is 2.24. The maximum atomic E-state index is 12.4. The highest BCUT2D eigenvalue weighted by Crippen LogP contribution is 2.40. The number of hydrogen-bond acceptors (Lipinski definition) is 2. The van der Waals surface area contributed by atoms with Crippen molar-refractivity contribution in [1.82, 2.24) is 4.90 Å². The van der Waals surface area contributed by atoms with Crippen LogP contribution >= 0.6 is 0 Å². The molecule has 0 radical (unpaired) electrons. The molecular weight excluding hydrogens is 214 g/mol. The molecule has 1 heterocycles. The summed E-state index contributed by atoms with van der Waals surface area (Å²) in [7, 11) is 0. The van der Waals surface area contributed by atoms with Gasteiger partial charge in [0, 0.05) is 12.8 Å². The molecule has 2 unspecified atom stereocenters. The summed E-state index contributed by atoms with van der Waals surface area (Å²) in [5.74, 6) is 2.58. The van der Waals surface area contributed by atoms with Gasteiger partial charge in [-0.3, -0.25) is 14.5 Å². The van der Waals surface area contributed by atoms with E-state index in [0.717, 1.165) is 6.42 Å². The molecule has 3 heteroatoms. The van der Waals surface area contributed by atoms with E-state index in [4.69, 9.17) is 6.42 Å². The molecule has 2 amide bonds. The minimum Gasteiger partial charge on any atom is -0.278 e. The molecular formula is C14H21NO2. The highest BCUT2D eigenvalue weighted by Gasteiger charge is 2.51. The minimum absolute atomic E-state index is 0.0559. The zero-order valence-electron chi connectivity index (χ0n) is 11.1. The van der Waals surface area contributed by atoms with E-state index in [1.54, 1.807) is 0 Å². The van der Waals surface area contributed by atoms with E-state index < -0.39 is 5.41 Å². The molecule has 0 spiro atoms. The summed E-state index contributed by atoms with van der Waals surface area (Å²) >= 11 is 0. The first kappa shape index (κ1) is 13.8. The number of amides is 2. The Kier molecular flexibility index (Phi) is 3.98. The zero-order valence-corrected chi connectivity index (χ0v) is 11.1. The van der Waals surface area contributed by atoms with Gasteiger partial charge in [-0.15, -0.1) is 12.3 Å². The fourth-order valence-corrected chi connectivity index (χ4v) is 2.24. The van der Waals surface area contributed by atoms with Gasteiger partial charge in [-0.25, -0.2) is 0 Å². The SMILES string of the molecule is C#CCC(CC)N1C(=O)CC(C)(C(C)C)C1=O. The van der Waals surface area contributed by atoms with Crippen LogP contribution < -0.4 is 0 Å². The van der Waals surface area contributed by atoms with Gasteiger partial charge in [0.1, 0.15) is 0 Å². The molecule has 1 fully saturated rings. The third kappa shape index (κ3) is 2.22. The van der Waals surface area contributed by atoms with Crippen molar-refractivity contribution in [3.8, 4) is 12.3 Å². The van der Waals surface area contributed by atoms with Crippen LogP contribution in [0.1, 0.15) is 47.0 Å². The topological polar surface area (TPSA) is 37.4 Å². The molecule has 0 aliphatic carbocycles. The first-order valence-corrected chi connectivity index (χ1v) is 6.18. The predicted molar refractivity (Wildman–Crippen MR) is 66.9 cm³/mol. The van der Waals surface area contributed by atoms with Gasteiger partial charge in [0.2, 0.25) is 11.8 Å². The Bertz CT molecular complexity index is 367. The molecule has 2 atom stereocenters. The van der Waals surface area contributed by atoms with Crippen molar-refractivity contribution in [1.29, 1.82) is 0 Å². The second-order valence-electron chi connectivity index (χ2n) is 5.29. The Morgan fingerprint density at radius 3 is 2.41 bits per heavy atom. The van der Waals surface area contributed by atoms with E-state index in [9.17, 15) is 9.59 Å². The highest BCUT2D eigenvalue weighted by atomic mass is 16.2. The van der Waals surface area contributed by atoms with Gasteiger partial charge >= 0.3 is 0 Å². The highest BCUT2D eigenvalue weighted by molar-refractivity contribution is 6.06. The van der Waals surface area contributed by atoms with Crippen LogP contribution in [0, 0.1) is 23.7 Å². The van der Waals surface area contributed by atoms with Crippen LogP contribution in [0.15, 0.2) is 0 Å². The van der Waals surface area contributed by atoms with Gasteiger partial charge < -0.3 is 0 Å². The van der Waals surface area contributed by atoms with Crippen LogP contribution in [0.5, 0.6) is 0 Å². The molecule has 0 saturated carbocycles. The molecule has 0 aromatic heterocycles. The van der Waals surface area contributed by atoms with Crippen LogP contribution in [0.2, 0.25) is 0 Å². The second-order valence-corrected chi connectivity index (χ2v) is 5.29. The van der Waals surface area contributed by atoms with Gasteiger partial charge in [0.15, 0.2) is 0 Å². The molecule has 1 rings (SSSR count). The Hall–Kier alpha value is -1.30. The van der Waals surface area contributed by atoms with E-state index >= 15 is 0 Å². The van der Waals surface area contributed by atoms with E-state index in [-0.39, 0.29) is 23.8 Å². The van der Waals surface area contributed by atoms with Crippen molar-refractivity contribution < 1.29 is 9.59 Å². The number of carbonyl (C=O) groups excluding carboxylic acids is 2. The van der Waals surface area contributed by atoms with Crippen molar-refractivity contribution in [2.45, 2.75) is 53.0 Å². The number of nitrogens with zero attached hydrogens (tertiary/aromatic N) is 1. The van der Waals surface area contributed by atoms with Crippen LogP contribution in [-0.2, 0) is 9.59 Å². The lowest BCUT2D eigenvalue weighted by Crippen LogP contribution is -2.43. The third-order valence-corrected chi connectivity index (χ3v) is 3.96. The summed E-state index contributed by atoms with van der Waals surface area (Å²) in [6.45, 7) is 7.79. The maximum absolute atomic E-state index is 12.4. The third-order valence-electron chi connectivity index (χ3n) is 3.96. The summed E-state index contributed by atoms with van der Waals surface area (Å²) < 4.78 is 0. The van der Waals surface area contributed by atoms with E-state index in [2.05, 4.69) is 5.92 Å². The molecule has 1 aliphatic heterocycles. The van der Waals surface area contributed by atoms with E-state index in [1.165, 1.54) is 4.90 Å². The van der Waals surface area contributed by atoms with Crippen molar-refractivity contribution >= 4 is 11.8 Å². The molecule has 0 N–H and O–H groups in total. The number of likely N-dealkylation sites (tertiary alicyclic amines) is 1. The minimum atomic E-state index is -0.556. The fraction of sp³-hybridized carbons (Fsp3) is 0.714. The van der Waals surface area contributed by atoms with Gasteiger partial charge in [-0.2, -0.15) is 0 Å². The Morgan fingerprint density at radius 2 is 2.06 bits per heavy atom. The largest absolute Gasteiger partial charge is 0.278 e. The number of hydrogen-bond donors (Lipinski definition) is 0. The molecule has 0 aromatic carbocycles. The first-order valence-electron chi connectivity index (χ1n) is 6.18. The molecule has 94 valence electrons. The molecule has 17 heavy (non-hydrogen) atoms. The Balaban J connectivity index is 3.01. The quantitative estimate of drug-likeness (QED) is 0.553. The summed E-state index contributed by atoms with van der Waals surface area (Å²) in [6.07, 6.45) is 6.77. The van der Waals surface area contributed by atoms with Gasteiger partial charge in [0.25, 0.3) is 0 Å². The first-order chi connectivity index (χ1) is 7.88. The van der Waals surface area contributed by atoms with Crippen LogP contribution in [-0.4, -0.2) is 22.8 Å². The standard InChI is InChI=1S/C14H21NO2/c1-6-8-11(7-2)15-12(16)9-14(5,10(3)4)13(15)17/h1,10-11H,7-9H2,2-5H3. The summed E-state index contributed by atoms with van der Waals surface area (Å²) in [5.41, 5.74) is -0.556. The smallest absolute Gasteiger partial charge is 0.236 e. The van der Waals surface area contributed by atoms with E-state index in [1.807, 2.05) is 27.7 Å². The Morgan fingerprint density at radius 1 is 1.47 bits per heavy atom. The lowest BCUT2D eigenvalue weighted by Gasteiger charge is -2.29. The summed E-state index contributed by atoms with van der Waals surface area (Å²) in [6, 6.07) is -0.138. The number of imide groups is 1. The number of rotatable bonds is 4. The molecule has 0 aromatic rings. The van der Waals surface area contributed by atoms with Crippen molar-refractivity contribution in [2.75, 3.05) is 0 Å². The van der Waals surface area contributed by atoms with Gasteiger partial charge in [0.05, 0.1) is 11.5 Å². The summed E-state index contributed by atoms with van der Waals surface area (Å²) in [5, 5.41) is 0. The number of carbonyl (C=O) groups is 2. The van der Waals surface area contributed by atoms with Gasteiger partial charge in [-0.1, -0.05) is 20.8 Å². The predicted octanol–water partition coefficient (Wildman–Crippen LogP) is 2.21. The average Bonchev–Trinajstić information content (AvgIpc) is 2.49. The average molecular weight is 235 g/mol. The van der Waals surface area contributed by atoms with Crippen molar-refractivity contribution in [3.63, 3.8) is 0 Å². The van der Waals surface area contributed by atoms with E-state index in [0.29, 0.717) is 12.8 Å². The van der Waals surface area contributed by atoms with Crippen LogP contribution in [0.4, 0.5) is 0 Å². The molecule has 3 nitrogen and oxygen atoms in total. The zero-order chi connectivity index (χ0) is 13.2. The number of terminal acetylenes is 1.